The van der Waals surface area contributed by atoms with Crippen LogP contribution in [0.25, 0.3) is 0 Å². The predicted octanol–water partition coefficient (Wildman–Crippen LogP) is 3.53. The van der Waals surface area contributed by atoms with Crippen LogP contribution in [0, 0.1) is 0 Å². The van der Waals surface area contributed by atoms with Crippen LogP contribution in [-0.4, -0.2) is 37.8 Å². The van der Waals surface area contributed by atoms with Crippen molar-refractivity contribution in [2.75, 3.05) is 26.2 Å². The first-order valence-electron chi connectivity index (χ1n) is 8.34. The molecule has 2 N–H and O–H groups in total. The van der Waals surface area contributed by atoms with Gasteiger partial charge in [0, 0.05) is 19.7 Å². The quantitative estimate of drug-likeness (QED) is 0.412. The fraction of sp³-hybridized carbons (Fsp3) is 0.611. The number of guanidine groups is 1. The summed E-state index contributed by atoms with van der Waals surface area (Å²) in [5, 5.41) is 6.76. The summed E-state index contributed by atoms with van der Waals surface area (Å²) in [6, 6.07) is 10.6. The molecule has 130 valence electrons. The summed E-state index contributed by atoms with van der Waals surface area (Å²) in [6.45, 7) is 9.78. The van der Waals surface area contributed by atoms with Crippen LogP contribution < -0.4 is 10.6 Å². The van der Waals surface area contributed by atoms with E-state index in [4.69, 9.17) is 9.73 Å². The highest BCUT2D eigenvalue weighted by molar-refractivity contribution is 14.0. The Labute approximate surface area is 157 Å². The van der Waals surface area contributed by atoms with E-state index in [1.807, 2.05) is 0 Å². The summed E-state index contributed by atoms with van der Waals surface area (Å²) in [5.41, 5.74) is 1.25. The van der Waals surface area contributed by atoms with E-state index in [1.54, 1.807) is 0 Å². The monoisotopic (exact) mass is 431 g/mol. The summed E-state index contributed by atoms with van der Waals surface area (Å²) in [4.78, 5) is 4.70. The molecule has 1 saturated heterocycles. The minimum atomic E-state index is -0.0899. The molecule has 0 amide bonds. The molecular formula is C18H30IN3O. The van der Waals surface area contributed by atoms with Crippen LogP contribution in [0.5, 0.6) is 0 Å². The standard InChI is InChI=1S/C18H29N3O.HI/c1-4-19-17(21-14-18(3)11-8-12-22-18)20-13-15(2)16-9-6-5-7-10-16;/h5-7,9-10,15H,4,8,11-14H2,1-3H3,(H2,19,20,21);1H. The zero-order valence-electron chi connectivity index (χ0n) is 14.5. The number of halogens is 1. The number of aliphatic imine (C=N–C) groups is 1. The van der Waals surface area contributed by atoms with Gasteiger partial charge in [-0.05, 0) is 38.2 Å². The number of hydrogen-bond donors (Lipinski definition) is 2. The van der Waals surface area contributed by atoms with E-state index in [0.29, 0.717) is 12.5 Å². The summed E-state index contributed by atoms with van der Waals surface area (Å²) in [5.74, 6) is 1.32. The Bertz CT molecular complexity index is 472. The van der Waals surface area contributed by atoms with Crippen LogP contribution >= 0.6 is 24.0 Å². The minimum Gasteiger partial charge on any atom is -0.373 e. The lowest BCUT2D eigenvalue weighted by molar-refractivity contribution is 0.0283. The van der Waals surface area contributed by atoms with Crippen molar-refractivity contribution >= 4 is 29.9 Å². The topological polar surface area (TPSA) is 45.7 Å². The number of rotatable bonds is 6. The van der Waals surface area contributed by atoms with Gasteiger partial charge < -0.3 is 15.4 Å². The van der Waals surface area contributed by atoms with Gasteiger partial charge in [-0.15, -0.1) is 24.0 Å². The van der Waals surface area contributed by atoms with E-state index in [2.05, 4.69) is 61.7 Å². The molecule has 2 atom stereocenters. The summed E-state index contributed by atoms with van der Waals surface area (Å²) in [7, 11) is 0. The molecule has 0 radical (unpaired) electrons. The van der Waals surface area contributed by atoms with E-state index in [0.717, 1.165) is 38.5 Å². The van der Waals surface area contributed by atoms with Crippen LogP contribution in [-0.2, 0) is 4.74 Å². The molecule has 0 aromatic heterocycles. The van der Waals surface area contributed by atoms with Crippen molar-refractivity contribution in [3.63, 3.8) is 0 Å². The average molecular weight is 431 g/mol. The highest BCUT2D eigenvalue weighted by atomic mass is 127. The molecule has 4 nitrogen and oxygen atoms in total. The van der Waals surface area contributed by atoms with E-state index in [-0.39, 0.29) is 29.6 Å². The van der Waals surface area contributed by atoms with Crippen molar-refractivity contribution < 1.29 is 4.74 Å². The number of nitrogens with zero attached hydrogens (tertiary/aromatic N) is 1. The molecule has 5 heteroatoms. The fourth-order valence-electron chi connectivity index (χ4n) is 2.70. The first kappa shape index (κ1) is 20.2. The highest BCUT2D eigenvalue weighted by Gasteiger charge is 2.29. The third kappa shape index (κ3) is 6.67. The number of benzene rings is 1. The van der Waals surface area contributed by atoms with Crippen molar-refractivity contribution in [3.8, 4) is 0 Å². The summed E-state index contributed by atoms with van der Waals surface area (Å²) < 4.78 is 5.80. The molecule has 1 aromatic carbocycles. The molecular weight excluding hydrogens is 401 g/mol. The van der Waals surface area contributed by atoms with Crippen molar-refractivity contribution in [1.82, 2.24) is 10.6 Å². The Morgan fingerprint density at radius 1 is 1.30 bits per heavy atom. The predicted molar refractivity (Wildman–Crippen MR) is 108 cm³/mol. The third-order valence-corrected chi connectivity index (χ3v) is 4.16. The van der Waals surface area contributed by atoms with Gasteiger partial charge >= 0.3 is 0 Å². The van der Waals surface area contributed by atoms with Gasteiger partial charge in [0.15, 0.2) is 5.96 Å². The second-order valence-electron chi connectivity index (χ2n) is 6.29. The Kier molecular flexibility index (Phi) is 8.91. The molecule has 23 heavy (non-hydrogen) atoms. The molecule has 0 aliphatic carbocycles. The van der Waals surface area contributed by atoms with E-state index < -0.39 is 0 Å². The molecule has 2 unspecified atom stereocenters. The lowest BCUT2D eigenvalue weighted by Gasteiger charge is -2.22. The smallest absolute Gasteiger partial charge is 0.191 e. The number of nitrogens with one attached hydrogen (secondary N) is 2. The SMILES string of the molecule is CCNC(=NCC1(C)CCCO1)NCC(C)c1ccccc1.I. The van der Waals surface area contributed by atoms with Crippen molar-refractivity contribution in [2.24, 2.45) is 4.99 Å². The van der Waals surface area contributed by atoms with Gasteiger partial charge in [0.25, 0.3) is 0 Å². The second kappa shape index (κ2) is 10.1. The van der Waals surface area contributed by atoms with Gasteiger partial charge in [0.2, 0.25) is 0 Å². The van der Waals surface area contributed by atoms with E-state index in [1.165, 1.54) is 5.56 Å². The molecule has 0 saturated carbocycles. The molecule has 1 aliphatic heterocycles. The normalized spacial score (nSPS) is 22.3. The van der Waals surface area contributed by atoms with Gasteiger partial charge in [-0.2, -0.15) is 0 Å². The Balaban J connectivity index is 0.00000264. The first-order chi connectivity index (χ1) is 10.6. The maximum absolute atomic E-state index is 5.80. The summed E-state index contributed by atoms with van der Waals surface area (Å²) in [6.07, 6.45) is 2.23. The van der Waals surface area contributed by atoms with Crippen molar-refractivity contribution in [3.05, 3.63) is 35.9 Å². The van der Waals surface area contributed by atoms with Crippen molar-refractivity contribution in [2.45, 2.75) is 45.1 Å². The van der Waals surface area contributed by atoms with E-state index in [9.17, 15) is 0 Å². The minimum absolute atomic E-state index is 0. The van der Waals surface area contributed by atoms with Crippen LogP contribution in [0.4, 0.5) is 0 Å². The summed E-state index contributed by atoms with van der Waals surface area (Å²) >= 11 is 0. The van der Waals surface area contributed by atoms with Crippen LogP contribution in [0.3, 0.4) is 0 Å². The lowest BCUT2D eigenvalue weighted by Crippen LogP contribution is -2.40. The zero-order valence-corrected chi connectivity index (χ0v) is 16.8. The van der Waals surface area contributed by atoms with Crippen LogP contribution in [0.2, 0.25) is 0 Å². The maximum atomic E-state index is 5.80. The highest BCUT2D eigenvalue weighted by Crippen LogP contribution is 2.25. The molecule has 1 aromatic rings. The largest absolute Gasteiger partial charge is 0.373 e. The molecule has 1 fully saturated rings. The zero-order chi connectivity index (χ0) is 15.8. The molecule has 1 aliphatic rings. The third-order valence-electron chi connectivity index (χ3n) is 4.16. The fourth-order valence-corrected chi connectivity index (χ4v) is 2.70. The number of hydrogen-bond acceptors (Lipinski definition) is 2. The molecule has 0 bridgehead atoms. The Hall–Kier alpha value is -0.820. The molecule has 2 rings (SSSR count). The first-order valence-corrected chi connectivity index (χ1v) is 8.34. The van der Waals surface area contributed by atoms with Gasteiger partial charge in [-0.3, -0.25) is 4.99 Å². The second-order valence-corrected chi connectivity index (χ2v) is 6.29. The van der Waals surface area contributed by atoms with Gasteiger partial charge in [0.1, 0.15) is 0 Å². The lowest BCUT2D eigenvalue weighted by atomic mass is 10.0. The average Bonchev–Trinajstić information content (AvgIpc) is 2.98. The van der Waals surface area contributed by atoms with Gasteiger partial charge in [0.05, 0.1) is 12.1 Å². The molecule has 0 spiro atoms. The van der Waals surface area contributed by atoms with Gasteiger partial charge in [-0.25, -0.2) is 0 Å². The Morgan fingerprint density at radius 2 is 2.04 bits per heavy atom. The van der Waals surface area contributed by atoms with Crippen LogP contribution in [0.15, 0.2) is 35.3 Å². The van der Waals surface area contributed by atoms with Gasteiger partial charge in [-0.1, -0.05) is 37.3 Å². The maximum Gasteiger partial charge on any atom is 0.191 e. The Morgan fingerprint density at radius 3 is 2.65 bits per heavy atom. The van der Waals surface area contributed by atoms with E-state index >= 15 is 0 Å². The number of ether oxygens (including phenoxy) is 1. The van der Waals surface area contributed by atoms with Crippen LogP contribution in [0.1, 0.15) is 45.1 Å². The van der Waals surface area contributed by atoms with Crippen molar-refractivity contribution in [1.29, 1.82) is 0 Å². The molecule has 1 heterocycles.